The van der Waals surface area contributed by atoms with Gasteiger partial charge in [-0.1, -0.05) is 0 Å². The Kier molecular flexibility index (Phi) is 7.04. The summed E-state index contributed by atoms with van der Waals surface area (Å²) < 4.78 is 16.5. The van der Waals surface area contributed by atoms with Gasteiger partial charge in [0.2, 0.25) is 0 Å². The molecular weight excluding hydrogens is 412 g/mol. The molecule has 3 aromatic rings. The van der Waals surface area contributed by atoms with Crippen LogP contribution in [0.2, 0.25) is 0 Å². The first-order chi connectivity index (χ1) is 15.3. The lowest BCUT2D eigenvalue weighted by Gasteiger charge is -2.08. The predicted octanol–water partition coefficient (Wildman–Crippen LogP) is 3.60. The van der Waals surface area contributed by atoms with E-state index in [9.17, 15) is 14.4 Å². The summed E-state index contributed by atoms with van der Waals surface area (Å²) in [6, 6.07) is 13.0. The molecule has 0 aliphatic carbocycles. The van der Waals surface area contributed by atoms with Crippen LogP contribution in [0.3, 0.4) is 0 Å². The summed E-state index contributed by atoms with van der Waals surface area (Å²) in [5.74, 6) is -0.926. The lowest BCUT2D eigenvalue weighted by molar-refractivity contribution is -0.140. The summed E-state index contributed by atoms with van der Waals surface area (Å²) in [5, 5.41) is 4.57. The smallest absolute Gasteiger partial charge is 0.343 e. The van der Waals surface area contributed by atoms with Crippen LogP contribution in [0.5, 0.6) is 5.75 Å². The van der Waals surface area contributed by atoms with Crippen LogP contribution < -0.4 is 4.74 Å². The molecule has 166 valence electrons. The molecule has 0 amide bonds. The first-order valence-electron chi connectivity index (χ1n) is 9.97. The fourth-order valence-corrected chi connectivity index (χ4v) is 3.30. The van der Waals surface area contributed by atoms with E-state index in [1.165, 1.54) is 38.5 Å². The summed E-state index contributed by atoms with van der Waals surface area (Å²) in [6.45, 7) is 3.83. The standard InChI is InChI=1S/C24H24N2O6/c1-15-21(13-14-22(27)30-3)16(2)26(25-15)19-9-5-18(6-10-19)24(29)32-20-11-7-17(8-12-20)23(28)31-4/h5-12H,13-14H2,1-4H3. The number of benzene rings is 2. The first kappa shape index (κ1) is 22.7. The lowest BCUT2D eigenvalue weighted by atomic mass is 10.1. The maximum atomic E-state index is 12.5. The van der Waals surface area contributed by atoms with Gasteiger partial charge in [0.15, 0.2) is 0 Å². The summed E-state index contributed by atoms with van der Waals surface area (Å²) in [7, 11) is 2.67. The third-order valence-electron chi connectivity index (χ3n) is 5.08. The minimum atomic E-state index is -0.519. The van der Waals surface area contributed by atoms with E-state index < -0.39 is 11.9 Å². The van der Waals surface area contributed by atoms with Crippen LogP contribution in [0.4, 0.5) is 0 Å². The molecule has 0 saturated carbocycles. The van der Waals surface area contributed by atoms with Crippen molar-refractivity contribution in [3.8, 4) is 11.4 Å². The summed E-state index contributed by atoms with van der Waals surface area (Å²) in [6.07, 6.45) is 0.832. The van der Waals surface area contributed by atoms with E-state index >= 15 is 0 Å². The first-order valence-corrected chi connectivity index (χ1v) is 9.97. The van der Waals surface area contributed by atoms with Crippen molar-refractivity contribution < 1.29 is 28.6 Å². The number of hydrogen-bond donors (Lipinski definition) is 0. The third-order valence-corrected chi connectivity index (χ3v) is 5.08. The third kappa shape index (κ3) is 5.03. The molecular formula is C24H24N2O6. The van der Waals surface area contributed by atoms with Crippen molar-refractivity contribution >= 4 is 17.9 Å². The molecule has 0 aliphatic heterocycles. The van der Waals surface area contributed by atoms with Crippen molar-refractivity contribution in [1.29, 1.82) is 0 Å². The van der Waals surface area contributed by atoms with Gasteiger partial charge in [0, 0.05) is 12.1 Å². The lowest BCUT2D eigenvalue weighted by Crippen LogP contribution is -2.09. The Morgan fingerprint density at radius 1 is 0.844 bits per heavy atom. The fourth-order valence-electron chi connectivity index (χ4n) is 3.30. The van der Waals surface area contributed by atoms with Crippen molar-refractivity contribution in [1.82, 2.24) is 9.78 Å². The van der Waals surface area contributed by atoms with Crippen molar-refractivity contribution in [2.45, 2.75) is 26.7 Å². The van der Waals surface area contributed by atoms with Crippen molar-refractivity contribution in [3.05, 3.63) is 76.6 Å². The molecule has 0 spiro atoms. The fraction of sp³-hybridized carbons (Fsp3) is 0.250. The second kappa shape index (κ2) is 9.91. The number of methoxy groups -OCH3 is 2. The van der Waals surface area contributed by atoms with E-state index in [1.807, 2.05) is 13.8 Å². The molecule has 2 aromatic carbocycles. The van der Waals surface area contributed by atoms with Crippen LogP contribution in [0.1, 0.15) is 44.1 Å². The highest BCUT2D eigenvalue weighted by atomic mass is 16.5. The zero-order valence-electron chi connectivity index (χ0n) is 18.4. The van der Waals surface area contributed by atoms with Gasteiger partial charge in [-0.15, -0.1) is 0 Å². The predicted molar refractivity (Wildman–Crippen MR) is 116 cm³/mol. The molecule has 0 atom stereocenters. The van der Waals surface area contributed by atoms with Gasteiger partial charge in [0.1, 0.15) is 5.75 Å². The Bertz CT molecular complexity index is 1130. The van der Waals surface area contributed by atoms with Gasteiger partial charge in [0.05, 0.1) is 36.7 Å². The van der Waals surface area contributed by atoms with Crippen LogP contribution in [-0.4, -0.2) is 41.9 Å². The van der Waals surface area contributed by atoms with Gasteiger partial charge in [-0.2, -0.15) is 5.10 Å². The number of aryl methyl sites for hydroxylation is 1. The van der Waals surface area contributed by atoms with E-state index in [0.29, 0.717) is 23.3 Å². The van der Waals surface area contributed by atoms with E-state index in [-0.39, 0.29) is 12.4 Å². The maximum absolute atomic E-state index is 12.5. The molecule has 0 aliphatic rings. The van der Waals surface area contributed by atoms with Gasteiger partial charge >= 0.3 is 17.9 Å². The molecule has 1 aromatic heterocycles. The van der Waals surface area contributed by atoms with Gasteiger partial charge in [-0.3, -0.25) is 4.79 Å². The number of hydrogen-bond acceptors (Lipinski definition) is 7. The van der Waals surface area contributed by atoms with Crippen LogP contribution >= 0.6 is 0 Å². The minimum absolute atomic E-state index is 0.264. The van der Waals surface area contributed by atoms with Crippen LogP contribution in [0.25, 0.3) is 5.69 Å². The molecule has 1 heterocycles. The molecule has 3 rings (SSSR count). The van der Waals surface area contributed by atoms with Crippen molar-refractivity contribution in [3.63, 3.8) is 0 Å². The Morgan fingerprint density at radius 3 is 2.03 bits per heavy atom. The summed E-state index contributed by atoms with van der Waals surface area (Å²) >= 11 is 0. The largest absolute Gasteiger partial charge is 0.469 e. The molecule has 32 heavy (non-hydrogen) atoms. The normalized spacial score (nSPS) is 10.5. The number of esters is 3. The number of carbonyl (C=O) groups excluding carboxylic acids is 3. The highest BCUT2D eigenvalue weighted by Gasteiger charge is 2.15. The average molecular weight is 436 g/mol. The highest BCUT2D eigenvalue weighted by molar-refractivity contribution is 5.92. The van der Waals surface area contributed by atoms with Crippen LogP contribution in [0.15, 0.2) is 48.5 Å². The number of aromatic nitrogens is 2. The second-order valence-electron chi connectivity index (χ2n) is 7.09. The Morgan fingerprint density at radius 2 is 1.44 bits per heavy atom. The molecule has 8 nitrogen and oxygen atoms in total. The zero-order chi connectivity index (χ0) is 23.3. The Hall–Kier alpha value is -3.94. The Labute approximate surface area is 185 Å². The molecule has 0 fully saturated rings. The highest BCUT2D eigenvalue weighted by Crippen LogP contribution is 2.21. The molecule has 0 bridgehead atoms. The number of ether oxygens (including phenoxy) is 3. The maximum Gasteiger partial charge on any atom is 0.343 e. The summed E-state index contributed by atoms with van der Waals surface area (Å²) in [5.41, 5.74) is 4.28. The second-order valence-corrected chi connectivity index (χ2v) is 7.09. The molecule has 0 radical (unpaired) electrons. The molecule has 0 saturated heterocycles. The van der Waals surface area contributed by atoms with Crippen LogP contribution in [-0.2, 0) is 20.7 Å². The van der Waals surface area contributed by atoms with Gasteiger partial charge in [-0.05, 0) is 74.4 Å². The van der Waals surface area contributed by atoms with Gasteiger partial charge < -0.3 is 14.2 Å². The Balaban J connectivity index is 1.71. The van der Waals surface area contributed by atoms with Crippen LogP contribution in [0, 0.1) is 13.8 Å². The van der Waals surface area contributed by atoms with Crippen molar-refractivity contribution in [2.75, 3.05) is 14.2 Å². The minimum Gasteiger partial charge on any atom is -0.469 e. The van der Waals surface area contributed by atoms with Gasteiger partial charge in [0.25, 0.3) is 0 Å². The molecule has 0 N–H and O–H groups in total. The number of rotatable bonds is 7. The van der Waals surface area contributed by atoms with E-state index in [0.717, 1.165) is 22.6 Å². The van der Waals surface area contributed by atoms with E-state index in [4.69, 9.17) is 9.47 Å². The molecule has 0 unspecified atom stereocenters. The quantitative estimate of drug-likeness (QED) is 0.412. The average Bonchev–Trinajstić information content (AvgIpc) is 3.10. The topological polar surface area (TPSA) is 96.7 Å². The van der Waals surface area contributed by atoms with E-state index in [2.05, 4.69) is 9.84 Å². The van der Waals surface area contributed by atoms with Crippen molar-refractivity contribution in [2.24, 2.45) is 0 Å². The summed E-state index contributed by atoms with van der Waals surface area (Å²) in [4.78, 5) is 35.4. The number of nitrogens with zero attached hydrogens (tertiary/aromatic N) is 2. The van der Waals surface area contributed by atoms with Gasteiger partial charge in [-0.25, -0.2) is 14.3 Å². The zero-order valence-corrected chi connectivity index (χ0v) is 18.4. The SMILES string of the molecule is COC(=O)CCc1c(C)nn(-c2ccc(C(=O)Oc3ccc(C(=O)OC)cc3)cc2)c1C. The van der Waals surface area contributed by atoms with E-state index in [1.54, 1.807) is 28.9 Å². The number of carbonyl (C=O) groups is 3. The molecule has 8 heteroatoms. The monoisotopic (exact) mass is 436 g/mol.